The van der Waals surface area contributed by atoms with Crippen LogP contribution in [0.1, 0.15) is 32.0 Å². The van der Waals surface area contributed by atoms with E-state index in [4.69, 9.17) is 5.73 Å². The highest BCUT2D eigenvalue weighted by Crippen LogP contribution is 2.21. The van der Waals surface area contributed by atoms with E-state index in [1.165, 1.54) is 5.56 Å². The Morgan fingerprint density at radius 3 is 2.42 bits per heavy atom. The fraction of sp³-hybridized carbons (Fsp3) is 0.400. The minimum Gasteiger partial charge on any atom is -0.384 e. The van der Waals surface area contributed by atoms with Gasteiger partial charge in [-0.2, -0.15) is 5.10 Å². The first-order valence-electron chi connectivity index (χ1n) is 6.40. The summed E-state index contributed by atoms with van der Waals surface area (Å²) in [4.78, 5) is 0. The Morgan fingerprint density at radius 2 is 1.84 bits per heavy atom. The van der Waals surface area contributed by atoms with Crippen LogP contribution < -0.4 is 5.73 Å². The van der Waals surface area contributed by atoms with E-state index in [1.54, 1.807) is 0 Å². The molecular formula is C15H20BrN3. The molecule has 4 heteroatoms. The van der Waals surface area contributed by atoms with Crippen molar-refractivity contribution >= 4 is 21.7 Å². The van der Waals surface area contributed by atoms with Crippen LogP contribution >= 0.6 is 15.9 Å². The van der Waals surface area contributed by atoms with Crippen molar-refractivity contribution in [2.45, 2.75) is 33.7 Å². The number of aromatic nitrogens is 2. The first-order valence-corrected chi connectivity index (χ1v) is 7.19. The number of nitrogens with two attached hydrogens (primary N) is 1. The lowest BCUT2D eigenvalue weighted by molar-refractivity contribution is 0.404. The lowest BCUT2D eigenvalue weighted by Gasteiger charge is -2.15. The maximum absolute atomic E-state index is 6.03. The number of nitrogen functional groups attached to an aromatic ring is 1. The summed E-state index contributed by atoms with van der Waals surface area (Å²) in [5, 5.41) is 4.59. The van der Waals surface area contributed by atoms with E-state index < -0.39 is 0 Å². The molecule has 102 valence electrons. The lowest BCUT2D eigenvalue weighted by Crippen LogP contribution is -2.10. The van der Waals surface area contributed by atoms with Crippen LogP contribution in [0.5, 0.6) is 0 Å². The molecule has 0 spiro atoms. The summed E-state index contributed by atoms with van der Waals surface area (Å²) in [7, 11) is 0. The van der Waals surface area contributed by atoms with Crippen molar-refractivity contribution in [2.75, 3.05) is 5.73 Å². The van der Waals surface area contributed by atoms with Gasteiger partial charge in [-0.15, -0.1) is 0 Å². The van der Waals surface area contributed by atoms with Gasteiger partial charge in [-0.3, -0.25) is 0 Å². The zero-order valence-corrected chi connectivity index (χ0v) is 13.2. The normalized spacial score (nSPS) is 11.8. The molecule has 0 aliphatic carbocycles. The molecule has 0 amide bonds. The van der Waals surface area contributed by atoms with Crippen LogP contribution in [-0.2, 0) is 13.0 Å². The van der Waals surface area contributed by atoms with Crippen LogP contribution in [0.4, 0.5) is 5.82 Å². The second kappa shape index (κ2) is 5.37. The number of anilines is 1. The van der Waals surface area contributed by atoms with Crippen molar-refractivity contribution in [3.05, 3.63) is 46.1 Å². The van der Waals surface area contributed by atoms with E-state index in [2.05, 4.69) is 53.9 Å². The van der Waals surface area contributed by atoms with Gasteiger partial charge in [0, 0.05) is 10.5 Å². The van der Waals surface area contributed by atoms with Crippen molar-refractivity contribution in [2.24, 2.45) is 5.41 Å². The molecule has 0 aliphatic rings. The summed E-state index contributed by atoms with van der Waals surface area (Å²) in [6, 6.07) is 10.2. The van der Waals surface area contributed by atoms with Crippen LogP contribution in [0, 0.1) is 5.41 Å². The Kier molecular flexibility index (Phi) is 3.99. The van der Waals surface area contributed by atoms with Crippen molar-refractivity contribution in [3.8, 4) is 0 Å². The number of hydrogen-bond donors (Lipinski definition) is 1. The number of rotatable bonds is 3. The average molecular weight is 322 g/mol. The molecule has 0 bridgehead atoms. The summed E-state index contributed by atoms with van der Waals surface area (Å²) >= 11 is 3.44. The second-order valence-corrected chi connectivity index (χ2v) is 7.00. The number of halogens is 1. The van der Waals surface area contributed by atoms with Crippen LogP contribution in [0.2, 0.25) is 0 Å². The molecule has 1 aromatic heterocycles. The van der Waals surface area contributed by atoms with Gasteiger partial charge >= 0.3 is 0 Å². The maximum atomic E-state index is 6.03. The van der Waals surface area contributed by atoms with E-state index >= 15 is 0 Å². The standard InChI is InChI=1S/C15H20BrN3/c1-15(2,3)9-13-8-14(17)19(18-13)10-11-4-6-12(16)7-5-11/h4-8H,9-10,17H2,1-3H3. The molecule has 19 heavy (non-hydrogen) atoms. The lowest BCUT2D eigenvalue weighted by atomic mass is 9.91. The molecule has 0 fully saturated rings. The van der Waals surface area contributed by atoms with Crippen molar-refractivity contribution in [1.82, 2.24) is 9.78 Å². The summed E-state index contributed by atoms with van der Waals surface area (Å²) in [5.74, 6) is 0.724. The number of benzene rings is 1. The minimum absolute atomic E-state index is 0.225. The molecule has 0 atom stereocenters. The third kappa shape index (κ3) is 4.10. The Balaban J connectivity index is 2.15. The maximum Gasteiger partial charge on any atom is 0.122 e. The Morgan fingerprint density at radius 1 is 1.21 bits per heavy atom. The van der Waals surface area contributed by atoms with Crippen LogP contribution in [0.25, 0.3) is 0 Å². The van der Waals surface area contributed by atoms with Gasteiger partial charge < -0.3 is 5.73 Å². The molecule has 0 saturated heterocycles. The minimum atomic E-state index is 0.225. The van der Waals surface area contributed by atoms with Gasteiger partial charge in [0.2, 0.25) is 0 Å². The SMILES string of the molecule is CC(C)(C)Cc1cc(N)n(Cc2ccc(Br)cc2)n1. The Labute approximate surface area is 122 Å². The van der Waals surface area contributed by atoms with E-state index in [1.807, 2.05) is 22.9 Å². The largest absolute Gasteiger partial charge is 0.384 e. The van der Waals surface area contributed by atoms with Crippen LogP contribution in [0.3, 0.4) is 0 Å². The van der Waals surface area contributed by atoms with Crippen molar-refractivity contribution in [1.29, 1.82) is 0 Å². The summed E-state index contributed by atoms with van der Waals surface area (Å²) < 4.78 is 2.95. The topological polar surface area (TPSA) is 43.8 Å². The highest BCUT2D eigenvalue weighted by molar-refractivity contribution is 9.10. The quantitative estimate of drug-likeness (QED) is 0.932. The fourth-order valence-corrected chi connectivity index (χ4v) is 2.27. The molecule has 1 heterocycles. The summed E-state index contributed by atoms with van der Waals surface area (Å²) in [6.45, 7) is 7.33. The predicted octanol–water partition coefficient (Wildman–Crippen LogP) is 3.86. The summed E-state index contributed by atoms with van der Waals surface area (Å²) in [5.41, 5.74) is 8.51. The van der Waals surface area contributed by atoms with E-state index in [9.17, 15) is 0 Å². The zero-order chi connectivity index (χ0) is 14.0. The monoisotopic (exact) mass is 321 g/mol. The highest BCUT2D eigenvalue weighted by Gasteiger charge is 2.15. The van der Waals surface area contributed by atoms with Gasteiger partial charge in [-0.25, -0.2) is 4.68 Å². The predicted molar refractivity (Wildman–Crippen MR) is 83.0 cm³/mol. The van der Waals surface area contributed by atoms with Crippen molar-refractivity contribution < 1.29 is 0 Å². The van der Waals surface area contributed by atoms with Gasteiger partial charge in [0.05, 0.1) is 12.2 Å². The number of nitrogens with zero attached hydrogens (tertiary/aromatic N) is 2. The zero-order valence-electron chi connectivity index (χ0n) is 11.7. The molecule has 0 aliphatic heterocycles. The van der Waals surface area contributed by atoms with E-state index in [-0.39, 0.29) is 5.41 Å². The molecule has 0 saturated carbocycles. The fourth-order valence-electron chi connectivity index (χ4n) is 2.01. The molecule has 2 N–H and O–H groups in total. The molecule has 3 nitrogen and oxygen atoms in total. The van der Waals surface area contributed by atoms with Gasteiger partial charge in [0.15, 0.2) is 0 Å². The highest BCUT2D eigenvalue weighted by atomic mass is 79.9. The summed E-state index contributed by atoms with van der Waals surface area (Å²) in [6.07, 6.45) is 0.935. The molecular weight excluding hydrogens is 302 g/mol. The van der Waals surface area contributed by atoms with Crippen LogP contribution in [-0.4, -0.2) is 9.78 Å². The Hall–Kier alpha value is -1.29. The second-order valence-electron chi connectivity index (χ2n) is 6.08. The van der Waals surface area contributed by atoms with Crippen molar-refractivity contribution in [3.63, 3.8) is 0 Å². The van der Waals surface area contributed by atoms with Gasteiger partial charge in [0.25, 0.3) is 0 Å². The molecule has 1 aromatic carbocycles. The molecule has 2 rings (SSSR count). The van der Waals surface area contributed by atoms with Gasteiger partial charge in [0.1, 0.15) is 5.82 Å². The van der Waals surface area contributed by atoms with Gasteiger partial charge in [-0.1, -0.05) is 48.8 Å². The average Bonchev–Trinajstić information content (AvgIpc) is 2.60. The number of hydrogen-bond acceptors (Lipinski definition) is 2. The van der Waals surface area contributed by atoms with Crippen LogP contribution in [0.15, 0.2) is 34.8 Å². The first kappa shape index (κ1) is 14.1. The first-order chi connectivity index (χ1) is 8.83. The van der Waals surface area contributed by atoms with E-state index in [0.717, 1.165) is 22.4 Å². The third-order valence-electron chi connectivity index (χ3n) is 2.82. The van der Waals surface area contributed by atoms with Gasteiger partial charge in [-0.05, 0) is 29.5 Å². The Bertz CT molecular complexity index is 550. The van der Waals surface area contributed by atoms with E-state index in [0.29, 0.717) is 6.54 Å². The molecule has 0 unspecified atom stereocenters. The molecule has 0 radical (unpaired) electrons. The smallest absolute Gasteiger partial charge is 0.122 e. The third-order valence-corrected chi connectivity index (χ3v) is 3.35. The molecule has 2 aromatic rings.